The van der Waals surface area contributed by atoms with Crippen molar-refractivity contribution >= 4 is 48.5 Å². The number of carbonyl (C=O) groups is 3. The van der Waals surface area contributed by atoms with Crippen LogP contribution in [0.4, 0.5) is 16.2 Å². The lowest BCUT2D eigenvalue weighted by Crippen LogP contribution is -2.56. The molecule has 0 unspecified atom stereocenters. The Morgan fingerprint density at radius 3 is 2.28 bits per heavy atom. The number of aromatic nitrogens is 1. The summed E-state index contributed by atoms with van der Waals surface area (Å²) >= 11 is 0. The van der Waals surface area contributed by atoms with Crippen LogP contribution in [0.15, 0.2) is 108 Å². The Morgan fingerprint density at radius 2 is 1.59 bits per heavy atom. The highest BCUT2D eigenvalue weighted by atomic mass is 28.4. The first-order chi connectivity index (χ1) is 32.4. The molecule has 0 radical (unpaired) electrons. The molecule has 362 valence electrons. The summed E-state index contributed by atoms with van der Waals surface area (Å²) in [6.45, 7) is 15.2. The number of hydrogen-bond acceptors (Lipinski definition) is 8. The molecule has 14 heteroatoms. The van der Waals surface area contributed by atoms with Crippen molar-refractivity contribution in [3.8, 4) is 16.9 Å². The van der Waals surface area contributed by atoms with Gasteiger partial charge in [-0.15, -0.1) is 0 Å². The third-order valence-electron chi connectivity index (χ3n) is 14.7. The van der Waals surface area contributed by atoms with E-state index in [1.54, 1.807) is 21.9 Å². The van der Waals surface area contributed by atoms with Gasteiger partial charge in [0.2, 0.25) is 17.4 Å². The van der Waals surface area contributed by atoms with Crippen molar-refractivity contribution in [3.63, 3.8) is 0 Å². The lowest BCUT2D eigenvalue weighted by molar-refractivity contribution is -0.130. The molecule has 1 saturated carbocycles. The van der Waals surface area contributed by atoms with Crippen LogP contribution in [0, 0.1) is 5.41 Å². The molecule has 5 aromatic rings. The molecule has 1 saturated heterocycles. The Kier molecular flexibility index (Phi) is 15.9. The second kappa shape index (κ2) is 21.7. The minimum absolute atomic E-state index is 0.0164. The van der Waals surface area contributed by atoms with Gasteiger partial charge in [-0.3, -0.25) is 19.3 Å². The number of aromatic hydroxyl groups is 1. The summed E-state index contributed by atoms with van der Waals surface area (Å²) in [5, 5.41) is 28.1. The van der Waals surface area contributed by atoms with E-state index in [0.29, 0.717) is 51.0 Å². The molecular formula is C54H70N6O7Si. The molecule has 3 amide bonds. The Bertz CT molecular complexity index is 2580. The molecule has 13 nitrogen and oxygen atoms in total. The van der Waals surface area contributed by atoms with E-state index in [-0.39, 0.29) is 45.7 Å². The zero-order valence-corrected chi connectivity index (χ0v) is 41.6. The molecule has 5 N–H and O–H groups in total. The van der Waals surface area contributed by atoms with Gasteiger partial charge in [0.25, 0.3) is 0 Å². The second-order valence-electron chi connectivity index (χ2n) is 20.5. The summed E-state index contributed by atoms with van der Waals surface area (Å²) in [5.41, 5.74) is 5.59. The predicted molar refractivity (Wildman–Crippen MR) is 274 cm³/mol. The summed E-state index contributed by atoms with van der Waals surface area (Å²) in [4.78, 5) is 59.1. The Morgan fingerprint density at radius 1 is 0.897 bits per heavy atom. The normalized spacial score (nSPS) is 15.7. The van der Waals surface area contributed by atoms with Crippen LogP contribution in [-0.4, -0.2) is 97.0 Å². The van der Waals surface area contributed by atoms with Crippen molar-refractivity contribution < 1.29 is 29.0 Å². The van der Waals surface area contributed by atoms with Crippen molar-refractivity contribution in [2.24, 2.45) is 5.41 Å². The Hall–Kier alpha value is -5.80. The number of nitrogens with one attached hydrogen (secondary N) is 3. The number of phenolic OH excluding ortho intramolecular Hbond substituents is 1. The van der Waals surface area contributed by atoms with Crippen LogP contribution in [-0.2, 0) is 20.6 Å². The van der Waals surface area contributed by atoms with Crippen LogP contribution in [0.5, 0.6) is 5.75 Å². The number of hydrogen-bond donors (Lipinski definition) is 5. The molecule has 2 fully saturated rings. The minimum Gasteiger partial charge on any atom is -0.506 e. The maximum atomic E-state index is 13.1. The summed E-state index contributed by atoms with van der Waals surface area (Å²) < 4.78 is 6.93. The number of carbonyl (C=O) groups excluding carboxylic acids is 2. The lowest BCUT2D eigenvalue weighted by Gasteiger charge is -2.54. The van der Waals surface area contributed by atoms with Gasteiger partial charge in [-0.05, 0) is 122 Å². The van der Waals surface area contributed by atoms with E-state index in [9.17, 15) is 29.4 Å². The summed E-state index contributed by atoms with van der Waals surface area (Å²) in [6.07, 6.45) is 4.69. The van der Waals surface area contributed by atoms with Gasteiger partial charge in [-0.2, -0.15) is 0 Å². The van der Waals surface area contributed by atoms with Crippen LogP contribution in [0.1, 0.15) is 89.4 Å². The standard InChI is InChI=1S/C54H70N6O7Si/c1-53(2,3)68(5,6)67-47(43-23-25-46(61)51-44(43)24-26-49(63)57-51)37-55-36-38-19-21-40(22-20-38)56-48(62)18-12-13-30-58(4)50(64)27-31-59-32-28-54(29-33-59)34-41(35-54)60(52(65)66)45-17-11-10-16-42(45)39-14-8-7-9-15-39/h7-11,14-17,19-26,41,47,55,61H,12-13,18,27-37H2,1-6H3,(H,56,62)(H,57,63)(H,65,66)/t47-/m0/s1. The number of fused-ring (bicyclic) bond motifs is 1. The Balaban J connectivity index is 0.793. The highest BCUT2D eigenvalue weighted by molar-refractivity contribution is 6.74. The van der Waals surface area contributed by atoms with Crippen LogP contribution in [0.3, 0.4) is 0 Å². The first-order valence-electron chi connectivity index (χ1n) is 24.2. The summed E-state index contributed by atoms with van der Waals surface area (Å²) in [5.74, 6) is 0.0567. The zero-order valence-electron chi connectivity index (χ0n) is 40.6. The van der Waals surface area contributed by atoms with Crippen molar-refractivity contribution in [2.75, 3.05) is 50.0 Å². The SMILES string of the molecule is CN(CCCCC(=O)Nc1ccc(CNC[C@H](O[Si](C)(C)C(C)(C)C)c2ccc(O)c3[nH]c(=O)ccc23)cc1)C(=O)CCN1CCC2(CC1)CC(N(C(=O)O)c1ccccc1-c1ccccc1)C2. The number of amides is 3. The van der Waals surface area contributed by atoms with Gasteiger partial charge in [0.15, 0.2) is 8.32 Å². The maximum absolute atomic E-state index is 13.1. The van der Waals surface area contributed by atoms with Gasteiger partial charge in [0.05, 0.1) is 17.3 Å². The van der Waals surface area contributed by atoms with E-state index >= 15 is 0 Å². The van der Waals surface area contributed by atoms with E-state index in [0.717, 1.165) is 84.2 Å². The van der Waals surface area contributed by atoms with Gasteiger partial charge in [-0.25, -0.2) is 4.79 Å². The van der Waals surface area contributed by atoms with E-state index in [1.807, 2.05) is 92.0 Å². The summed E-state index contributed by atoms with van der Waals surface area (Å²) in [6, 6.07) is 32.1. The third-order valence-corrected chi connectivity index (χ3v) is 19.2. The maximum Gasteiger partial charge on any atom is 0.412 e. The number of likely N-dealkylation sites (tertiary alicyclic amines) is 1. The number of piperidine rings is 1. The topological polar surface area (TPSA) is 168 Å². The van der Waals surface area contributed by atoms with E-state index in [4.69, 9.17) is 4.43 Å². The first kappa shape index (κ1) is 50.1. The number of anilines is 2. The molecule has 1 aliphatic carbocycles. The van der Waals surface area contributed by atoms with Crippen LogP contribution in [0.2, 0.25) is 18.1 Å². The van der Waals surface area contributed by atoms with Gasteiger partial charge < -0.3 is 40.1 Å². The zero-order chi connectivity index (χ0) is 48.6. The Labute approximate surface area is 402 Å². The first-order valence-corrected chi connectivity index (χ1v) is 27.1. The largest absolute Gasteiger partial charge is 0.506 e. The molecule has 2 heterocycles. The molecule has 1 spiro atoms. The molecule has 1 aromatic heterocycles. The number of benzene rings is 4. The average molecular weight is 943 g/mol. The summed E-state index contributed by atoms with van der Waals surface area (Å²) in [7, 11) is -0.381. The van der Waals surface area contributed by atoms with Crippen molar-refractivity contribution in [3.05, 3.63) is 125 Å². The quantitative estimate of drug-likeness (QED) is 0.0400. The fourth-order valence-electron chi connectivity index (χ4n) is 9.55. The smallest absolute Gasteiger partial charge is 0.412 e. The van der Waals surface area contributed by atoms with Gasteiger partial charge in [0.1, 0.15) is 5.75 Å². The van der Waals surface area contributed by atoms with Crippen LogP contribution >= 0.6 is 0 Å². The predicted octanol–water partition coefficient (Wildman–Crippen LogP) is 10.1. The molecule has 0 bridgehead atoms. The van der Waals surface area contributed by atoms with E-state index in [2.05, 4.69) is 54.4 Å². The lowest BCUT2D eigenvalue weighted by atomic mass is 9.60. The monoisotopic (exact) mass is 943 g/mol. The fourth-order valence-corrected chi connectivity index (χ4v) is 10.8. The number of H-pyrrole nitrogens is 1. The van der Waals surface area contributed by atoms with Crippen LogP contribution in [0.25, 0.3) is 22.0 Å². The second-order valence-corrected chi connectivity index (χ2v) is 25.2. The number of nitrogens with zero attached hydrogens (tertiary/aromatic N) is 3. The number of pyridine rings is 1. The fraction of sp³-hybridized carbons (Fsp3) is 0.444. The molecule has 68 heavy (non-hydrogen) atoms. The molecule has 1 atom stereocenters. The highest BCUT2D eigenvalue weighted by Gasteiger charge is 2.49. The van der Waals surface area contributed by atoms with Gasteiger partial charge >= 0.3 is 6.09 Å². The minimum atomic E-state index is -2.22. The molecule has 7 rings (SSSR count). The average Bonchev–Trinajstić information content (AvgIpc) is 3.30. The molecular weight excluding hydrogens is 873 g/mol. The molecule has 1 aliphatic heterocycles. The van der Waals surface area contributed by atoms with Crippen LogP contribution < -0.4 is 21.1 Å². The number of phenols is 1. The van der Waals surface area contributed by atoms with Crippen molar-refractivity contribution in [2.45, 2.75) is 109 Å². The number of carboxylic acid groups (broad SMARTS) is 1. The number of unbranched alkanes of at least 4 members (excludes halogenated alkanes) is 1. The highest BCUT2D eigenvalue weighted by Crippen LogP contribution is 2.52. The number of aromatic amines is 1. The van der Waals surface area contributed by atoms with Crippen molar-refractivity contribution in [1.29, 1.82) is 0 Å². The number of rotatable bonds is 19. The molecule has 2 aliphatic rings. The van der Waals surface area contributed by atoms with Crippen molar-refractivity contribution in [1.82, 2.24) is 20.1 Å². The van der Waals surface area contributed by atoms with Gasteiger partial charge in [0, 0.05) is 74.8 Å². The van der Waals surface area contributed by atoms with Gasteiger partial charge in [-0.1, -0.05) is 87.5 Å². The molecule has 4 aromatic carbocycles. The number of para-hydroxylation sites is 1. The third kappa shape index (κ3) is 12.3. The van der Waals surface area contributed by atoms with E-state index < -0.39 is 14.4 Å². The van der Waals surface area contributed by atoms with E-state index in [1.165, 1.54) is 6.07 Å².